The van der Waals surface area contributed by atoms with Crippen molar-refractivity contribution in [3.63, 3.8) is 0 Å². The second kappa shape index (κ2) is 4.22. The largest absolute Gasteiger partial charge is 0.481 e. The normalized spacial score (nSPS) is 16.6. The van der Waals surface area contributed by atoms with E-state index in [4.69, 9.17) is 16.7 Å². The fraction of sp³-hybridized carbons (Fsp3) is 0.462. The first kappa shape index (κ1) is 12.2. The van der Waals surface area contributed by atoms with Crippen LogP contribution in [0.25, 0.3) is 0 Å². The Morgan fingerprint density at radius 2 is 2.12 bits per heavy atom. The van der Waals surface area contributed by atoms with Crippen LogP contribution in [-0.4, -0.2) is 25.2 Å². The van der Waals surface area contributed by atoms with Crippen molar-refractivity contribution in [2.75, 3.05) is 19.0 Å². The molecule has 0 atom stereocenters. The number of rotatable bonds is 4. The maximum Gasteiger partial charge on any atom is 0.304 e. The number of carboxylic acid groups (broad SMARTS) is 1. The molecule has 0 saturated heterocycles. The van der Waals surface area contributed by atoms with Crippen molar-refractivity contribution in [1.29, 1.82) is 0 Å². The van der Waals surface area contributed by atoms with Gasteiger partial charge in [0.2, 0.25) is 0 Å². The predicted octanol–water partition coefficient (Wildman–Crippen LogP) is 2.91. The van der Waals surface area contributed by atoms with Crippen LogP contribution in [0.2, 0.25) is 5.02 Å². The molecule has 0 heterocycles. The van der Waals surface area contributed by atoms with Gasteiger partial charge in [0.05, 0.1) is 6.42 Å². The van der Waals surface area contributed by atoms with Crippen molar-refractivity contribution in [1.82, 2.24) is 0 Å². The van der Waals surface area contributed by atoms with E-state index in [0.717, 1.165) is 24.1 Å². The summed E-state index contributed by atoms with van der Waals surface area (Å²) in [7, 11) is 3.90. The van der Waals surface area contributed by atoms with Crippen LogP contribution in [0.5, 0.6) is 0 Å². The van der Waals surface area contributed by atoms with E-state index in [1.54, 1.807) is 0 Å². The smallest absolute Gasteiger partial charge is 0.304 e. The molecule has 4 heteroatoms. The maximum absolute atomic E-state index is 11.0. The third-order valence-corrected chi connectivity index (χ3v) is 3.66. The van der Waals surface area contributed by atoms with Gasteiger partial charge >= 0.3 is 5.97 Å². The molecular formula is C13H16ClNO2. The second-order valence-corrected chi connectivity index (χ2v) is 5.29. The van der Waals surface area contributed by atoms with E-state index in [2.05, 4.69) is 0 Å². The average Bonchev–Trinajstić information content (AvgIpc) is 2.96. The van der Waals surface area contributed by atoms with Gasteiger partial charge in [0, 0.05) is 35.8 Å². The Morgan fingerprint density at radius 3 is 2.59 bits per heavy atom. The van der Waals surface area contributed by atoms with E-state index in [-0.39, 0.29) is 11.8 Å². The highest BCUT2D eigenvalue weighted by Crippen LogP contribution is 2.55. The van der Waals surface area contributed by atoms with Crippen LogP contribution < -0.4 is 4.90 Å². The first-order chi connectivity index (χ1) is 7.96. The summed E-state index contributed by atoms with van der Waals surface area (Å²) in [4.78, 5) is 13.0. The monoisotopic (exact) mass is 253 g/mol. The molecule has 0 radical (unpaired) electrons. The lowest BCUT2D eigenvalue weighted by Gasteiger charge is -2.24. The molecule has 17 heavy (non-hydrogen) atoms. The summed E-state index contributed by atoms with van der Waals surface area (Å²) in [5, 5.41) is 9.69. The molecule has 0 bridgehead atoms. The molecule has 92 valence electrons. The summed E-state index contributed by atoms with van der Waals surface area (Å²) in [5.74, 6) is -0.757. The number of halogens is 1. The summed E-state index contributed by atoms with van der Waals surface area (Å²) in [5.41, 5.74) is 1.77. The number of benzene rings is 1. The van der Waals surface area contributed by atoms with Crippen LogP contribution in [0, 0.1) is 0 Å². The minimum atomic E-state index is -0.757. The Morgan fingerprint density at radius 1 is 1.47 bits per heavy atom. The quantitative estimate of drug-likeness (QED) is 0.897. The molecular weight excluding hydrogens is 238 g/mol. The van der Waals surface area contributed by atoms with Gasteiger partial charge in [-0.3, -0.25) is 4.79 Å². The van der Waals surface area contributed by atoms with Crippen LogP contribution in [0.3, 0.4) is 0 Å². The Labute approximate surface area is 106 Å². The van der Waals surface area contributed by atoms with E-state index in [9.17, 15) is 4.79 Å². The van der Waals surface area contributed by atoms with Gasteiger partial charge in [-0.25, -0.2) is 0 Å². The second-order valence-electron chi connectivity index (χ2n) is 4.88. The molecule has 1 aliphatic rings. The van der Waals surface area contributed by atoms with Gasteiger partial charge in [0.1, 0.15) is 0 Å². The van der Waals surface area contributed by atoms with E-state index in [1.807, 2.05) is 37.2 Å². The molecule has 1 fully saturated rings. The van der Waals surface area contributed by atoms with E-state index >= 15 is 0 Å². The number of hydrogen-bond acceptors (Lipinski definition) is 2. The van der Waals surface area contributed by atoms with Crippen LogP contribution in [0.15, 0.2) is 18.2 Å². The number of carboxylic acids is 1. The lowest BCUT2D eigenvalue weighted by Crippen LogP contribution is -2.19. The number of carbonyl (C=O) groups is 1. The molecule has 0 spiro atoms. The van der Waals surface area contributed by atoms with Crippen molar-refractivity contribution >= 4 is 23.3 Å². The van der Waals surface area contributed by atoms with Crippen molar-refractivity contribution in [2.24, 2.45) is 0 Å². The van der Waals surface area contributed by atoms with Crippen molar-refractivity contribution < 1.29 is 9.90 Å². The number of anilines is 1. The van der Waals surface area contributed by atoms with Gasteiger partial charge in [-0.1, -0.05) is 17.7 Å². The summed E-state index contributed by atoms with van der Waals surface area (Å²) in [6.45, 7) is 0. The van der Waals surface area contributed by atoms with Gasteiger partial charge in [-0.15, -0.1) is 0 Å². The van der Waals surface area contributed by atoms with Crippen molar-refractivity contribution in [3.8, 4) is 0 Å². The number of aliphatic carboxylic acids is 1. The molecule has 0 aliphatic heterocycles. The van der Waals surface area contributed by atoms with Crippen LogP contribution >= 0.6 is 11.6 Å². The first-order valence-corrected chi connectivity index (χ1v) is 6.02. The zero-order chi connectivity index (χ0) is 12.6. The zero-order valence-electron chi connectivity index (χ0n) is 10.0. The van der Waals surface area contributed by atoms with Crippen LogP contribution in [0.1, 0.15) is 24.8 Å². The van der Waals surface area contributed by atoms with Crippen LogP contribution in [-0.2, 0) is 10.2 Å². The Kier molecular flexibility index (Phi) is 3.04. The zero-order valence-corrected chi connectivity index (χ0v) is 10.8. The van der Waals surface area contributed by atoms with Gasteiger partial charge < -0.3 is 10.0 Å². The summed E-state index contributed by atoms with van der Waals surface area (Å²) < 4.78 is 0. The molecule has 1 saturated carbocycles. The summed E-state index contributed by atoms with van der Waals surface area (Å²) in [6, 6.07) is 5.73. The Hall–Kier alpha value is -1.22. The molecule has 0 unspecified atom stereocenters. The Bertz CT molecular complexity index is 453. The molecule has 3 nitrogen and oxygen atoms in total. The molecule has 1 aliphatic carbocycles. The topological polar surface area (TPSA) is 40.5 Å². The molecule has 2 rings (SSSR count). The highest BCUT2D eigenvalue weighted by molar-refractivity contribution is 6.32. The first-order valence-electron chi connectivity index (χ1n) is 5.64. The van der Waals surface area contributed by atoms with E-state index < -0.39 is 5.97 Å². The molecule has 1 N–H and O–H groups in total. The lowest BCUT2D eigenvalue weighted by molar-refractivity contribution is -0.137. The minimum absolute atomic E-state index is 0.164. The third-order valence-electron chi connectivity index (χ3n) is 3.35. The minimum Gasteiger partial charge on any atom is -0.481 e. The van der Waals surface area contributed by atoms with Gasteiger partial charge in [0.15, 0.2) is 0 Å². The Balaban J connectivity index is 2.47. The number of nitrogens with zero attached hydrogens (tertiary/aromatic N) is 1. The van der Waals surface area contributed by atoms with E-state index in [0.29, 0.717) is 5.02 Å². The predicted molar refractivity (Wildman–Crippen MR) is 68.9 cm³/mol. The average molecular weight is 254 g/mol. The van der Waals surface area contributed by atoms with E-state index in [1.165, 1.54) is 0 Å². The maximum atomic E-state index is 11.0. The standard InChI is InChI=1S/C13H16ClNO2/c1-15(2)10-5-3-4-9(14)12(10)13(6-7-13)8-11(16)17/h3-5H,6-8H2,1-2H3,(H,16,17). The highest BCUT2D eigenvalue weighted by atomic mass is 35.5. The molecule has 1 aromatic rings. The van der Waals surface area contributed by atoms with Crippen LogP contribution in [0.4, 0.5) is 5.69 Å². The molecule has 0 aromatic heterocycles. The number of hydrogen-bond donors (Lipinski definition) is 1. The summed E-state index contributed by atoms with van der Waals surface area (Å²) in [6.07, 6.45) is 1.98. The van der Waals surface area contributed by atoms with Crippen molar-refractivity contribution in [3.05, 3.63) is 28.8 Å². The van der Waals surface area contributed by atoms with Gasteiger partial charge in [0.25, 0.3) is 0 Å². The van der Waals surface area contributed by atoms with Crippen molar-refractivity contribution in [2.45, 2.75) is 24.7 Å². The SMILES string of the molecule is CN(C)c1cccc(Cl)c1C1(CC(=O)O)CC1. The molecule has 0 amide bonds. The molecule has 1 aromatic carbocycles. The third kappa shape index (κ3) is 2.25. The lowest BCUT2D eigenvalue weighted by atomic mass is 9.90. The fourth-order valence-electron chi connectivity index (χ4n) is 2.37. The van der Waals surface area contributed by atoms with Gasteiger partial charge in [-0.05, 0) is 25.0 Å². The van der Waals surface area contributed by atoms with Gasteiger partial charge in [-0.2, -0.15) is 0 Å². The fourth-order valence-corrected chi connectivity index (χ4v) is 2.74. The summed E-state index contributed by atoms with van der Waals surface area (Å²) >= 11 is 6.26. The highest BCUT2D eigenvalue weighted by Gasteiger charge is 2.48.